The van der Waals surface area contributed by atoms with Crippen LogP contribution in [0.1, 0.15) is 6.92 Å². The molecule has 1 saturated heterocycles. The summed E-state index contributed by atoms with van der Waals surface area (Å²) >= 11 is 8.77. The number of hydrogen-bond acceptors (Lipinski definition) is 6. The first-order valence-electron chi connectivity index (χ1n) is 7.88. The van der Waals surface area contributed by atoms with Gasteiger partial charge >= 0.3 is 0 Å². The lowest BCUT2D eigenvalue weighted by molar-refractivity contribution is -0.116. The molecule has 0 N–H and O–H groups in total. The lowest BCUT2D eigenvalue weighted by Gasteiger charge is -2.39. The average Bonchev–Trinajstić information content (AvgIpc) is 3.18. The molecule has 0 bridgehead atoms. The van der Waals surface area contributed by atoms with Crippen LogP contribution in [0.2, 0.25) is 5.02 Å². The Morgan fingerprint density at radius 3 is 2.46 bits per heavy atom. The number of ketones is 1. The number of thioether (sulfide) groups is 2. The topological polar surface area (TPSA) is 53.0 Å². The summed E-state index contributed by atoms with van der Waals surface area (Å²) in [6.07, 6.45) is 0. The molecule has 0 saturated carbocycles. The number of amides is 1. The first-order valence-corrected chi connectivity index (χ1v) is 10.1. The lowest BCUT2D eigenvalue weighted by atomic mass is 10.3. The highest BCUT2D eigenvalue weighted by molar-refractivity contribution is 8.28. The van der Waals surface area contributed by atoms with Crippen molar-refractivity contribution in [3.8, 4) is 0 Å². The van der Waals surface area contributed by atoms with Crippen LogP contribution in [0.3, 0.4) is 0 Å². The predicted octanol–water partition coefficient (Wildman–Crippen LogP) is 4.19. The standard InChI is InChI=1S/C18H14ClN3O2S2/c1-12(23)17-20-22(15-9-7-13(19)8-10-15)18(26-17)21(16(24)11-25-18)14-5-3-2-4-6-14/h2-10H,11H2,1H3/t18-/m1/s1. The van der Waals surface area contributed by atoms with Crippen LogP contribution in [0.4, 0.5) is 11.4 Å². The molecule has 2 heterocycles. The van der Waals surface area contributed by atoms with E-state index in [1.807, 2.05) is 42.5 Å². The minimum Gasteiger partial charge on any atom is -0.292 e. The van der Waals surface area contributed by atoms with E-state index in [4.69, 9.17) is 11.6 Å². The highest BCUT2D eigenvalue weighted by Gasteiger charge is 2.57. The van der Waals surface area contributed by atoms with E-state index < -0.39 is 4.33 Å². The summed E-state index contributed by atoms with van der Waals surface area (Å²) in [5.74, 6) is 0.165. The first kappa shape index (κ1) is 17.5. The molecule has 1 amide bonds. The highest BCUT2D eigenvalue weighted by atomic mass is 35.5. The van der Waals surface area contributed by atoms with Gasteiger partial charge in [-0.25, -0.2) is 5.01 Å². The number of anilines is 2. The van der Waals surface area contributed by atoms with E-state index in [2.05, 4.69) is 5.10 Å². The molecule has 0 aromatic heterocycles. The Bertz CT molecular complexity index is 904. The summed E-state index contributed by atoms with van der Waals surface area (Å²) in [5, 5.41) is 7.27. The molecule has 2 aromatic carbocycles. The van der Waals surface area contributed by atoms with Gasteiger partial charge in [0.2, 0.25) is 10.2 Å². The first-order chi connectivity index (χ1) is 12.5. The molecule has 2 aliphatic rings. The molecule has 0 aliphatic carbocycles. The fraction of sp³-hybridized carbons (Fsp3) is 0.167. The van der Waals surface area contributed by atoms with Crippen molar-refractivity contribution in [2.75, 3.05) is 15.7 Å². The minimum absolute atomic E-state index is 0.0207. The number of carbonyl (C=O) groups excluding carboxylic acids is 2. The minimum atomic E-state index is -0.868. The lowest BCUT2D eigenvalue weighted by Crippen LogP contribution is -2.51. The smallest absolute Gasteiger partial charge is 0.243 e. The van der Waals surface area contributed by atoms with E-state index >= 15 is 0 Å². The van der Waals surface area contributed by atoms with Crippen LogP contribution in [0.5, 0.6) is 0 Å². The van der Waals surface area contributed by atoms with Gasteiger partial charge in [-0.3, -0.25) is 14.5 Å². The number of benzene rings is 2. The van der Waals surface area contributed by atoms with Crippen molar-refractivity contribution in [1.29, 1.82) is 0 Å². The van der Waals surface area contributed by atoms with Crippen LogP contribution in [-0.2, 0) is 9.59 Å². The number of para-hydroxylation sites is 1. The van der Waals surface area contributed by atoms with Crippen molar-refractivity contribution in [3.05, 3.63) is 59.6 Å². The summed E-state index contributed by atoms with van der Waals surface area (Å²) in [6, 6.07) is 16.7. The maximum absolute atomic E-state index is 12.8. The molecule has 132 valence electrons. The third kappa shape index (κ3) is 2.80. The van der Waals surface area contributed by atoms with Crippen LogP contribution in [0, 0.1) is 0 Å². The molecule has 8 heteroatoms. The van der Waals surface area contributed by atoms with Gasteiger partial charge in [-0.2, -0.15) is 5.10 Å². The molecule has 26 heavy (non-hydrogen) atoms. The summed E-state index contributed by atoms with van der Waals surface area (Å²) in [5.41, 5.74) is 1.54. The molecule has 4 rings (SSSR count). The zero-order valence-electron chi connectivity index (χ0n) is 13.8. The number of Topliss-reactive ketones (excluding diaryl/α,β-unsaturated/α-hetero) is 1. The van der Waals surface area contributed by atoms with Gasteiger partial charge in [0.05, 0.1) is 11.4 Å². The van der Waals surface area contributed by atoms with E-state index in [1.54, 1.807) is 22.0 Å². The normalized spacial score (nSPS) is 22.2. The van der Waals surface area contributed by atoms with Crippen molar-refractivity contribution in [2.24, 2.45) is 5.10 Å². The Morgan fingerprint density at radius 2 is 1.81 bits per heavy atom. The van der Waals surface area contributed by atoms with Gasteiger partial charge in [-0.05, 0) is 48.2 Å². The number of hydrogen-bond donors (Lipinski definition) is 0. The van der Waals surface area contributed by atoms with Crippen molar-refractivity contribution < 1.29 is 9.59 Å². The zero-order valence-corrected chi connectivity index (χ0v) is 16.1. The SMILES string of the molecule is CC(=O)C1=NN(c2ccc(Cl)cc2)[C@]2(SCC(=O)N2c2ccccc2)S1. The zero-order chi connectivity index (χ0) is 18.3. The van der Waals surface area contributed by atoms with Crippen LogP contribution >= 0.6 is 35.1 Å². The number of hydrazone groups is 1. The molecular weight excluding hydrogens is 390 g/mol. The van der Waals surface area contributed by atoms with Crippen LogP contribution in [0.15, 0.2) is 59.7 Å². The second-order valence-electron chi connectivity index (χ2n) is 5.75. The van der Waals surface area contributed by atoms with Crippen LogP contribution in [0.25, 0.3) is 0 Å². The second-order valence-corrected chi connectivity index (χ2v) is 8.76. The van der Waals surface area contributed by atoms with Gasteiger partial charge in [-0.1, -0.05) is 41.6 Å². The molecule has 5 nitrogen and oxygen atoms in total. The Labute approximate surface area is 164 Å². The summed E-state index contributed by atoms with van der Waals surface area (Å²) in [6.45, 7) is 1.49. The van der Waals surface area contributed by atoms with Crippen molar-refractivity contribution in [3.63, 3.8) is 0 Å². The maximum Gasteiger partial charge on any atom is 0.243 e. The van der Waals surface area contributed by atoms with E-state index in [0.29, 0.717) is 15.8 Å². The van der Waals surface area contributed by atoms with Gasteiger partial charge in [0, 0.05) is 17.6 Å². The molecular formula is C18H14ClN3O2S2. The van der Waals surface area contributed by atoms with Gasteiger partial charge < -0.3 is 0 Å². The molecule has 2 aliphatic heterocycles. The van der Waals surface area contributed by atoms with E-state index in [-0.39, 0.29) is 11.7 Å². The maximum atomic E-state index is 12.8. The fourth-order valence-electron chi connectivity index (χ4n) is 2.85. The highest BCUT2D eigenvalue weighted by Crippen LogP contribution is 2.55. The summed E-state index contributed by atoms with van der Waals surface area (Å²) < 4.78 is -0.868. The largest absolute Gasteiger partial charge is 0.292 e. The number of rotatable bonds is 3. The fourth-order valence-corrected chi connectivity index (χ4v) is 5.72. The molecule has 0 radical (unpaired) electrons. The third-order valence-electron chi connectivity index (χ3n) is 3.99. The Hall–Kier alpha value is -1.96. The van der Waals surface area contributed by atoms with Gasteiger partial charge in [0.25, 0.3) is 0 Å². The van der Waals surface area contributed by atoms with Crippen LogP contribution < -0.4 is 9.91 Å². The predicted molar refractivity (Wildman–Crippen MR) is 109 cm³/mol. The summed E-state index contributed by atoms with van der Waals surface area (Å²) in [4.78, 5) is 26.5. The molecule has 1 fully saturated rings. The molecule has 0 unspecified atom stereocenters. The number of halogens is 1. The second kappa shape index (κ2) is 6.64. The van der Waals surface area contributed by atoms with E-state index in [0.717, 1.165) is 11.4 Å². The monoisotopic (exact) mass is 403 g/mol. The Kier molecular flexibility index (Phi) is 4.46. The van der Waals surface area contributed by atoms with Crippen molar-refractivity contribution in [2.45, 2.75) is 11.3 Å². The molecule has 1 spiro atoms. The molecule has 1 atom stereocenters. The van der Waals surface area contributed by atoms with Gasteiger partial charge in [0.15, 0.2) is 10.8 Å². The number of carbonyl (C=O) groups is 2. The third-order valence-corrected chi connectivity index (χ3v) is 7.15. The van der Waals surface area contributed by atoms with E-state index in [1.165, 1.54) is 30.4 Å². The Balaban J connectivity index is 1.85. The average molecular weight is 404 g/mol. The summed E-state index contributed by atoms with van der Waals surface area (Å²) in [7, 11) is 0. The van der Waals surface area contributed by atoms with E-state index in [9.17, 15) is 9.59 Å². The van der Waals surface area contributed by atoms with Crippen molar-refractivity contribution >= 4 is 63.2 Å². The van der Waals surface area contributed by atoms with Crippen LogP contribution in [-0.4, -0.2) is 26.8 Å². The number of nitrogens with zero attached hydrogens (tertiary/aromatic N) is 3. The quantitative estimate of drug-likeness (QED) is 0.769. The molecule has 2 aromatic rings. The van der Waals surface area contributed by atoms with Gasteiger partial charge in [-0.15, -0.1) is 0 Å². The van der Waals surface area contributed by atoms with Crippen molar-refractivity contribution in [1.82, 2.24) is 0 Å². The van der Waals surface area contributed by atoms with Gasteiger partial charge in [0.1, 0.15) is 0 Å². The Morgan fingerprint density at radius 1 is 1.12 bits per heavy atom.